The van der Waals surface area contributed by atoms with Gasteiger partial charge in [-0.2, -0.15) is 0 Å². The zero-order valence-electron chi connectivity index (χ0n) is 13.4. The van der Waals surface area contributed by atoms with E-state index < -0.39 is 32.5 Å². The highest BCUT2D eigenvalue weighted by Crippen LogP contribution is 2.24. The highest BCUT2D eigenvalue weighted by molar-refractivity contribution is 7.92. The van der Waals surface area contributed by atoms with Crippen LogP contribution in [0.15, 0.2) is 40.0 Å². The van der Waals surface area contributed by atoms with Crippen LogP contribution in [-0.2, 0) is 9.84 Å². The number of imide groups is 1. The van der Waals surface area contributed by atoms with Crippen molar-refractivity contribution in [2.75, 3.05) is 5.73 Å². The Kier molecular flexibility index (Phi) is 3.76. The Morgan fingerprint density at radius 1 is 1.04 bits per heavy atom. The van der Waals surface area contributed by atoms with Crippen molar-refractivity contribution in [2.24, 2.45) is 0 Å². The predicted octanol–water partition coefficient (Wildman–Crippen LogP) is 0.485. The first-order chi connectivity index (χ1) is 11.6. The fourth-order valence-corrected chi connectivity index (χ4v) is 3.66. The maximum atomic E-state index is 12.3. The van der Waals surface area contributed by atoms with E-state index in [1.165, 1.54) is 24.3 Å². The first-order valence-corrected chi connectivity index (χ1v) is 8.94. The first-order valence-electron chi connectivity index (χ1n) is 7.40. The zero-order valence-corrected chi connectivity index (χ0v) is 14.3. The molecule has 1 aromatic carbocycles. The van der Waals surface area contributed by atoms with Gasteiger partial charge in [-0.1, -0.05) is 0 Å². The summed E-state index contributed by atoms with van der Waals surface area (Å²) in [5, 5.41) is 1.50. The van der Waals surface area contributed by atoms with Crippen LogP contribution in [0.4, 0.5) is 5.82 Å². The van der Waals surface area contributed by atoms with Crippen LogP contribution in [-0.4, -0.2) is 30.0 Å². The maximum absolute atomic E-state index is 12.3. The number of hydrogen-bond acceptors (Lipinski definition) is 6. The normalized spacial score (nSPS) is 13.9. The second-order valence-electron chi connectivity index (χ2n) is 5.86. The van der Waals surface area contributed by atoms with Crippen LogP contribution in [0.5, 0.6) is 0 Å². The smallest absolute Gasteiger partial charge is 0.262 e. The van der Waals surface area contributed by atoms with Crippen LogP contribution in [0.2, 0.25) is 0 Å². The van der Waals surface area contributed by atoms with Crippen molar-refractivity contribution in [1.82, 2.24) is 9.88 Å². The summed E-state index contributed by atoms with van der Waals surface area (Å²) in [5.41, 5.74) is 5.49. The van der Waals surface area contributed by atoms with Crippen molar-refractivity contribution in [3.8, 4) is 5.69 Å². The number of aromatic nitrogens is 1. The number of nitrogens with zero attached hydrogens (tertiary/aromatic N) is 1. The molecule has 9 heteroatoms. The van der Waals surface area contributed by atoms with E-state index in [-0.39, 0.29) is 21.8 Å². The fraction of sp³-hybridized carbons (Fsp3) is 0.188. The minimum absolute atomic E-state index is 0.0662. The summed E-state index contributed by atoms with van der Waals surface area (Å²) in [4.78, 5) is 35.9. The first kappa shape index (κ1) is 16.9. The van der Waals surface area contributed by atoms with Gasteiger partial charge in [-0.25, -0.2) is 8.42 Å². The van der Waals surface area contributed by atoms with Crippen LogP contribution in [0.3, 0.4) is 0 Å². The number of nitrogens with two attached hydrogens (primary N) is 1. The molecule has 0 saturated heterocycles. The number of nitrogen functional groups attached to an aromatic ring is 1. The molecule has 0 spiro atoms. The summed E-state index contributed by atoms with van der Waals surface area (Å²) in [5.74, 6) is -1.52. The van der Waals surface area contributed by atoms with Crippen molar-refractivity contribution in [3.63, 3.8) is 0 Å². The molecule has 0 aliphatic carbocycles. The molecule has 0 bridgehead atoms. The predicted molar refractivity (Wildman–Crippen MR) is 90.6 cm³/mol. The van der Waals surface area contributed by atoms with Gasteiger partial charge in [-0.3, -0.25) is 24.3 Å². The molecule has 3 N–H and O–H groups in total. The lowest BCUT2D eigenvalue weighted by atomic mass is 10.1. The van der Waals surface area contributed by atoms with E-state index in [4.69, 9.17) is 5.73 Å². The Hall–Kier alpha value is -2.94. The number of benzene rings is 1. The molecule has 0 atom stereocenters. The summed E-state index contributed by atoms with van der Waals surface area (Å²) in [7, 11) is -3.45. The van der Waals surface area contributed by atoms with Crippen LogP contribution in [0.1, 0.15) is 34.6 Å². The number of fused-ring (bicyclic) bond motifs is 1. The minimum Gasteiger partial charge on any atom is -0.384 e. The Morgan fingerprint density at radius 2 is 1.64 bits per heavy atom. The lowest BCUT2D eigenvalue weighted by Crippen LogP contribution is -2.24. The van der Waals surface area contributed by atoms with Crippen LogP contribution < -0.4 is 16.6 Å². The SMILES string of the molecule is CC(C)S(=O)(=O)c1ccc(-n2c(N)c3c(cc2=O)C(=O)NC3=O)cc1. The number of sulfone groups is 1. The number of pyridine rings is 1. The maximum Gasteiger partial charge on any atom is 0.262 e. The van der Waals surface area contributed by atoms with Gasteiger partial charge >= 0.3 is 0 Å². The van der Waals surface area contributed by atoms with E-state index in [0.717, 1.165) is 10.6 Å². The number of anilines is 1. The van der Waals surface area contributed by atoms with Crippen molar-refractivity contribution in [2.45, 2.75) is 24.0 Å². The molecule has 2 aromatic rings. The average molecular weight is 361 g/mol. The molecular weight excluding hydrogens is 346 g/mol. The van der Waals surface area contributed by atoms with E-state index in [9.17, 15) is 22.8 Å². The Balaban J connectivity index is 2.16. The summed E-state index contributed by atoms with van der Waals surface area (Å²) in [6, 6.07) is 6.62. The van der Waals surface area contributed by atoms with Gasteiger partial charge in [0.15, 0.2) is 9.84 Å². The van der Waals surface area contributed by atoms with Gasteiger partial charge in [-0.05, 0) is 38.1 Å². The number of amides is 2. The van der Waals surface area contributed by atoms with E-state index in [1.54, 1.807) is 13.8 Å². The molecule has 3 rings (SSSR count). The largest absolute Gasteiger partial charge is 0.384 e. The number of nitrogens with one attached hydrogen (secondary N) is 1. The van der Waals surface area contributed by atoms with E-state index >= 15 is 0 Å². The number of hydrogen-bond donors (Lipinski definition) is 2. The van der Waals surface area contributed by atoms with Crippen molar-refractivity contribution in [1.29, 1.82) is 0 Å². The van der Waals surface area contributed by atoms with Gasteiger partial charge in [0.1, 0.15) is 5.82 Å². The topological polar surface area (TPSA) is 128 Å². The molecule has 130 valence electrons. The van der Waals surface area contributed by atoms with E-state index in [2.05, 4.69) is 5.32 Å². The third-order valence-corrected chi connectivity index (χ3v) is 6.17. The van der Waals surface area contributed by atoms with Crippen molar-refractivity contribution >= 4 is 27.5 Å². The number of carbonyl (C=O) groups excluding carboxylic acids is 2. The highest BCUT2D eigenvalue weighted by atomic mass is 32.2. The van der Waals surface area contributed by atoms with Gasteiger partial charge < -0.3 is 5.73 Å². The van der Waals surface area contributed by atoms with Crippen LogP contribution in [0, 0.1) is 0 Å². The van der Waals surface area contributed by atoms with Crippen molar-refractivity contribution in [3.05, 3.63) is 51.8 Å². The summed E-state index contributed by atoms with van der Waals surface area (Å²) < 4.78 is 25.4. The fourth-order valence-electron chi connectivity index (χ4n) is 2.60. The van der Waals surface area contributed by atoms with E-state index in [1.807, 2.05) is 0 Å². The molecule has 8 nitrogen and oxygen atoms in total. The molecule has 0 unspecified atom stereocenters. The van der Waals surface area contributed by atoms with Crippen LogP contribution >= 0.6 is 0 Å². The Bertz CT molecular complexity index is 1070. The van der Waals surface area contributed by atoms with Gasteiger partial charge in [-0.15, -0.1) is 0 Å². The zero-order chi connectivity index (χ0) is 18.5. The summed E-state index contributed by atoms with van der Waals surface area (Å²) in [6.45, 7) is 3.14. The van der Waals surface area contributed by atoms with Crippen LogP contribution in [0.25, 0.3) is 5.69 Å². The van der Waals surface area contributed by atoms with Gasteiger partial charge in [0.25, 0.3) is 17.4 Å². The number of rotatable bonds is 3. The molecule has 2 amide bonds. The summed E-state index contributed by atoms with van der Waals surface area (Å²) in [6.07, 6.45) is 0. The Labute approximate surface area is 143 Å². The molecule has 0 saturated carbocycles. The van der Waals surface area contributed by atoms with Gasteiger partial charge in [0.05, 0.1) is 27.0 Å². The lowest BCUT2D eigenvalue weighted by Gasteiger charge is -2.13. The molecule has 0 radical (unpaired) electrons. The molecule has 1 aromatic heterocycles. The quantitative estimate of drug-likeness (QED) is 0.766. The molecule has 0 fully saturated rings. The van der Waals surface area contributed by atoms with Gasteiger partial charge in [0, 0.05) is 6.07 Å². The minimum atomic E-state index is -3.45. The monoisotopic (exact) mass is 361 g/mol. The lowest BCUT2D eigenvalue weighted by molar-refractivity contribution is 0.0880. The second kappa shape index (κ2) is 5.55. The number of carbonyl (C=O) groups is 2. The van der Waals surface area contributed by atoms with Gasteiger partial charge in [0.2, 0.25) is 0 Å². The molecule has 2 heterocycles. The van der Waals surface area contributed by atoms with Crippen molar-refractivity contribution < 1.29 is 18.0 Å². The summed E-state index contributed by atoms with van der Waals surface area (Å²) >= 11 is 0. The standard InChI is InChI=1S/C16H15N3O5S/c1-8(2)25(23,24)10-5-3-9(4-6-10)19-12(20)7-11-13(14(19)17)16(22)18-15(11)21/h3-8H,17H2,1-2H3,(H,18,21,22). The molecule has 1 aliphatic rings. The van der Waals surface area contributed by atoms with E-state index in [0.29, 0.717) is 5.69 Å². The molecular formula is C16H15N3O5S. The third-order valence-electron chi connectivity index (χ3n) is 4.00. The second-order valence-corrected chi connectivity index (χ2v) is 8.37. The third kappa shape index (κ3) is 2.52. The molecule has 1 aliphatic heterocycles. The highest BCUT2D eigenvalue weighted by Gasteiger charge is 2.31. The average Bonchev–Trinajstić information content (AvgIpc) is 2.82. The molecule has 25 heavy (non-hydrogen) atoms. The Morgan fingerprint density at radius 3 is 2.20 bits per heavy atom.